The molecule has 0 bridgehead atoms. The molecule has 128 valence electrons. The predicted octanol–water partition coefficient (Wildman–Crippen LogP) is 2.65. The quantitative estimate of drug-likeness (QED) is 0.794. The summed E-state index contributed by atoms with van der Waals surface area (Å²) in [6.45, 7) is 0.819. The highest BCUT2D eigenvalue weighted by molar-refractivity contribution is 5.82. The minimum Gasteiger partial charge on any atom is -0.479 e. The summed E-state index contributed by atoms with van der Waals surface area (Å²) in [5, 5.41) is 9.97. The van der Waals surface area contributed by atoms with Crippen molar-refractivity contribution in [3.8, 4) is 0 Å². The van der Waals surface area contributed by atoms with E-state index >= 15 is 0 Å². The Bertz CT molecular complexity index is 931. The first-order valence-corrected chi connectivity index (χ1v) is 8.13. The van der Waals surface area contributed by atoms with Crippen molar-refractivity contribution in [1.29, 1.82) is 0 Å². The number of para-hydroxylation sites is 2. The fourth-order valence-corrected chi connectivity index (χ4v) is 3.56. The van der Waals surface area contributed by atoms with Gasteiger partial charge in [-0.05, 0) is 37.1 Å². The molecule has 0 unspecified atom stereocenters. The molecule has 0 spiro atoms. The fourth-order valence-electron chi connectivity index (χ4n) is 3.56. The van der Waals surface area contributed by atoms with Gasteiger partial charge in [0, 0.05) is 19.3 Å². The van der Waals surface area contributed by atoms with E-state index in [0.717, 1.165) is 11.0 Å². The van der Waals surface area contributed by atoms with E-state index in [-0.39, 0.29) is 5.82 Å². The zero-order valence-corrected chi connectivity index (χ0v) is 13.5. The Labute approximate surface area is 143 Å². The zero-order chi connectivity index (χ0) is 17.4. The van der Waals surface area contributed by atoms with E-state index in [1.165, 1.54) is 6.07 Å². The second-order valence-electron chi connectivity index (χ2n) is 6.24. The number of hydrogen-bond acceptors (Lipinski definition) is 4. The van der Waals surface area contributed by atoms with E-state index in [4.69, 9.17) is 0 Å². The van der Waals surface area contributed by atoms with Crippen LogP contribution in [0.3, 0.4) is 0 Å². The maximum atomic E-state index is 14.0. The molecular formula is C18H17FN4O2. The zero-order valence-electron chi connectivity index (χ0n) is 13.5. The lowest BCUT2D eigenvalue weighted by Crippen LogP contribution is -2.51. The molecule has 0 amide bonds. The summed E-state index contributed by atoms with van der Waals surface area (Å²) in [5.41, 5.74) is 0.474. The lowest BCUT2D eigenvalue weighted by Gasteiger charge is -2.40. The van der Waals surface area contributed by atoms with E-state index in [2.05, 4.69) is 9.97 Å². The highest BCUT2D eigenvalue weighted by atomic mass is 19.1. The van der Waals surface area contributed by atoms with Gasteiger partial charge in [0.2, 0.25) is 0 Å². The molecule has 0 atom stereocenters. The molecule has 4 rings (SSSR count). The summed E-state index contributed by atoms with van der Waals surface area (Å²) in [6.07, 6.45) is 3.83. The largest absolute Gasteiger partial charge is 0.479 e. The standard InChI is InChI=1S/C18H17FN4O2/c19-13-4-3-9-20-16(13)22-10-7-18(8-11-22,17(24)25)23-12-21-14-5-1-2-6-15(14)23/h1-6,9,12H,7-8,10-11H2,(H,24,25). The summed E-state index contributed by atoms with van der Waals surface area (Å²) in [6, 6.07) is 10.4. The van der Waals surface area contributed by atoms with Gasteiger partial charge < -0.3 is 14.6 Å². The number of carboxylic acids is 1. The molecule has 25 heavy (non-hydrogen) atoms. The summed E-state index contributed by atoms with van der Waals surface area (Å²) in [5.74, 6) is -1.01. The first-order valence-electron chi connectivity index (χ1n) is 8.13. The number of halogens is 1. The van der Waals surface area contributed by atoms with Crippen molar-refractivity contribution in [3.05, 3.63) is 54.7 Å². The molecule has 0 saturated carbocycles. The summed E-state index contributed by atoms with van der Waals surface area (Å²) in [4.78, 5) is 22.4. The van der Waals surface area contributed by atoms with Gasteiger partial charge in [-0.2, -0.15) is 0 Å². The minimum absolute atomic E-state index is 0.275. The van der Waals surface area contributed by atoms with Crippen LogP contribution in [0, 0.1) is 5.82 Å². The number of pyridine rings is 1. The molecule has 3 heterocycles. The van der Waals surface area contributed by atoms with Gasteiger partial charge in [-0.15, -0.1) is 0 Å². The molecule has 0 aliphatic carbocycles. The predicted molar refractivity (Wildman–Crippen MR) is 91.0 cm³/mol. The van der Waals surface area contributed by atoms with Gasteiger partial charge >= 0.3 is 5.97 Å². The van der Waals surface area contributed by atoms with Crippen LogP contribution in [0.2, 0.25) is 0 Å². The normalized spacial score (nSPS) is 16.9. The van der Waals surface area contributed by atoms with E-state index in [0.29, 0.717) is 25.9 Å². The summed E-state index contributed by atoms with van der Waals surface area (Å²) < 4.78 is 15.7. The van der Waals surface area contributed by atoms with Crippen LogP contribution in [-0.2, 0) is 10.3 Å². The van der Waals surface area contributed by atoms with Gasteiger partial charge in [0.25, 0.3) is 0 Å². The van der Waals surface area contributed by atoms with Gasteiger partial charge in [-0.1, -0.05) is 12.1 Å². The first-order chi connectivity index (χ1) is 12.1. The number of hydrogen-bond donors (Lipinski definition) is 1. The van der Waals surface area contributed by atoms with Crippen LogP contribution in [0.1, 0.15) is 12.8 Å². The molecule has 1 fully saturated rings. The van der Waals surface area contributed by atoms with Crippen molar-refractivity contribution in [2.45, 2.75) is 18.4 Å². The molecular weight excluding hydrogens is 323 g/mol. The Morgan fingerprint density at radius 1 is 1.12 bits per heavy atom. The second kappa shape index (κ2) is 5.84. The van der Waals surface area contributed by atoms with Crippen LogP contribution in [0.4, 0.5) is 10.2 Å². The van der Waals surface area contributed by atoms with Crippen molar-refractivity contribution in [2.24, 2.45) is 0 Å². The number of rotatable bonds is 3. The number of carboxylic acid groups (broad SMARTS) is 1. The number of carbonyl (C=O) groups is 1. The maximum Gasteiger partial charge on any atom is 0.330 e. The number of nitrogens with zero attached hydrogens (tertiary/aromatic N) is 4. The van der Waals surface area contributed by atoms with Crippen molar-refractivity contribution in [1.82, 2.24) is 14.5 Å². The summed E-state index contributed by atoms with van der Waals surface area (Å²) >= 11 is 0. The molecule has 7 heteroatoms. The van der Waals surface area contributed by atoms with Crippen LogP contribution in [-0.4, -0.2) is 38.7 Å². The number of anilines is 1. The molecule has 6 nitrogen and oxygen atoms in total. The van der Waals surface area contributed by atoms with E-state index in [9.17, 15) is 14.3 Å². The average Bonchev–Trinajstić information content (AvgIpc) is 3.07. The van der Waals surface area contributed by atoms with E-state index < -0.39 is 17.3 Å². The van der Waals surface area contributed by atoms with Gasteiger partial charge in [0.15, 0.2) is 11.6 Å². The highest BCUT2D eigenvalue weighted by Gasteiger charge is 2.44. The molecule has 3 aromatic rings. The lowest BCUT2D eigenvalue weighted by molar-refractivity contribution is -0.148. The van der Waals surface area contributed by atoms with Crippen molar-refractivity contribution < 1.29 is 14.3 Å². The Morgan fingerprint density at radius 2 is 1.88 bits per heavy atom. The molecule has 1 aliphatic heterocycles. The minimum atomic E-state index is -1.09. The smallest absolute Gasteiger partial charge is 0.330 e. The van der Waals surface area contributed by atoms with Crippen molar-refractivity contribution in [2.75, 3.05) is 18.0 Å². The number of aromatic nitrogens is 3. The van der Waals surface area contributed by atoms with Crippen LogP contribution in [0.15, 0.2) is 48.9 Å². The SMILES string of the molecule is O=C(O)C1(n2cnc3ccccc32)CCN(c2ncccc2F)CC1. The summed E-state index contributed by atoms with van der Waals surface area (Å²) in [7, 11) is 0. The second-order valence-corrected chi connectivity index (χ2v) is 6.24. The average molecular weight is 340 g/mol. The van der Waals surface area contributed by atoms with Crippen molar-refractivity contribution >= 4 is 22.8 Å². The van der Waals surface area contributed by atoms with Crippen LogP contribution in [0.25, 0.3) is 11.0 Å². The Kier molecular flexibility index (Phi) is 3.63. The molecule has 1 aliphatic rings. The number of imidazole rings is 1. The van der Waals surface area contributed by atoms with Gasteiger partial charge in [0.05, 0.1) is 17.4 Å². The van der Waals surface area contributed by atoms with Gasteiger partial charge in [-0.3, -0.25) is 0 Å². The third-order valence-electron chi connectivity index (χ3n) is 4.94. The molecule has 1 saturated heterocycles. The van der Waals surface area contributed by atoms with Gasteiger partial charge in [0.1, 0.15) is 5.54 Å². The Morgan fingerprint density at radius 3 is 2.60 bits per heavy atom. The van der Waals surface area contributed by atoms with Crippen LogP contribution < -0.4 is 4.90 Å². The van der Waals surface area contributed by atoms with Crippen molar-refractivity contribution in [3.63, 3.8) is 0 Å². The third-order valence-corrected chi connectivity index (χ3v) is 4.94. The Balaban J connectivity index is 1.68. The number of piperidine rings is 1. The molecule has 0 radical (unpaired) electrons. The Hall–Kier alpha value is -2.96. The lowest BCUT2D eigenvalue weighted by atomic mass is 9.87. The van der Waals surface area contributed by atoms with Crippen LogP contribution >= 0.6 is 0 Å². The first kappa shape index (κ1) is 15.6. The van der Waals surface area contributed by atoms with Gasteiger partial charge in [-0.25, -0.2) is 19.2 Å². The monoisotopic (exact) mass is 340 g/mol. The number of aliphatic carboxylic acids is 1. The van der Waals surface area contributed by atoms with E-state index in [1.54, 1.807) is 28.1 Å². The molecule has 1 aromatic carbocycles. The van der Waals surface area contributed by atoms with Crippen LogP contribution in [0.5, 0.6) is 0 Å². The number of fused-ring (bicyclic) bond motifs is 1. The molecule has 1 N–H and O–H groups in total. The maximum absolute atomic E-state index is 14.0. The fraction of sp³-hybridized carbons (Fsp3) is 0.278. The number of benzene rings is 1. The van der Waals surface area contributed by atoms with E-state index in [1.807, 2.05) is 24.3 Å². The molecule has 2 aromatic heterocycles. The topological polar surface area (TPSA) is 71.2 Å². The highest BCUT2D eigenvalue weighted by Crippen LogP contribution is 2.35. The third kappa shape index (κ3) is 2.43.